The maximum atomic E-state index is 5.85. The van der Waals surface area contributed by atoms with Gasteiger partial charge < -0.3 is 14.4 Å². The molecule has 1 N–H and O–H groups in total. The van der Waals surface area contributed by atoms with Gasteiger partial charge in [-0.25, -0.2) is 15.0 Å². The molecule has 5 rings (SSSR count). The molecule has 31 heavy (non-hydrogen) atoms. The van der Waals surface area contributed by atoms with Crippen molar-refractivity contribution >= 4 is 16.7 Å². The van der Waals surface area contributed by atoms with Crippen molar-refractivity contribution in [3.05, 3.63) is 48.9 Å². The molecule has 0 saturated carbocycles. The first kappa shape index (κ1) is 19.4. The molecule has 1 fully saturated rings. The fourth-order valence-electron chi connectivity index (χ4n) is 4.16. The maximum Gasteiger partial charge on any atom is 0.221 e. The van der Waals surface area contributed by atoms with Crippen LogP contribution in [0.25, 0.3) is 33.4 Å². The molecule has 0 unspecified atom stereocenters. The Morgan fingerprint density at radius 1 is 1.06 bits per heavy atom. The summed E-state index contributed by atoms with van der Waals surface area (Å²) < 4.78 is 11.3. The highest BCUT2D eigenvalue weighted by Crippen LogP contribution is 2.33. The van der Waals surface area contributed by atoms with Crippen LogP contribution in [0.1, 0.15) is 13.8 Å². The zero-order valence-electron chi connectivity index (χ0n) is 17.7. The highest BCUT2D eigenvalue weighted by molar-refractivity contribution is 5.95. The van der Waals surface area contributed by atoms with Crippen molar-refractivity contribution in [1.29, 1.82) is 0 Å². The number of nitrogens with zero attached hydrogens (tertiary/aromatic N) is 5. The third-order valence-electron chi connectivity index (χ3n) is 5.48. The SMILES string of the molecule is COc1ncccc1-c1ccc2[nH]nc(-c3cc(N4C[C@@H](C)O[C@@H](C)C4)ncn3)c2c1. The molecule has 158 valence electrons. The molecule has 1 aliphatic heterocycles. The van der Waals surface area contributed by atoms with Gasteiger partial charge in [0.05, 0.1) is 30.5 Å². The number of nitrogens with one attached hydrogen (secondary N) is 1. The van der Waals surface area contributed by atoms with Crippen molar-refractivity contribution in [3.8, 4) is 28.4 Å². The van der Waals surface area contributed by atoms with Crippen molar-refractivity contribution < 1.29 is 9.47 Å². The van der Waals surface area contributed by atoms with Gasteiger partial charge in [0, 0.05) is 36.3 Å². The third-order valence-corrected chi connectivity index (χ3v) is 5.48. The monoisotopic (exact) mass is 416 g/mol. The van der Waals surface area contributed by atoms with E-state index in [0.717, 1.165) is 52.3 Å². The Morgan fingerprint density at radius 3 is 2.71 bits per heavy atom. The second-order valence-corrected chi connectivity index (χ2v) is 7.82. The predicted octanol–water partition coefficient (Wildman–Crippen LogP) is 3.70. The number of rotatable bonds is 4. The standard InChI is InChI=1S/C23H24N6O2/c1-14-11-29(12-15(2)31-14)21-10-20(25-13-26-21)22-18-9-16(6-7-19(18)27-28-22)17-5-4-8-24-23(17)30-3/h4-10,13-15H,11-12H2,1-3H3,(H,27,28)/t14-,15+. The topological polar surface area (TPSA) is 89.0 Å². The number of hydrogen-bond acceptors (Lipinski definition) is 7. The van der Waals surface area contributed by atoms with Crippen molar-refractivity contribution in [2.45, 2.75) is 26.1 Å². The highest BCUT2D eigenvalue weighted by Gasteiger charge is 2.24. The fourth-order valence-corrected chi connectivity index (χ4v) is 4.16. The lowest BCUT2D eigenvalue weighted by Gasteiger charge is -2.36. The Balaban J connectivity index is 1.55. The maximum absolute atomic E-state index is 5.85. The van der Waals surface area contributed by atoms with Crippen molar-refractivity contribution in [2.24, 2.45) is 0 Å². The van der Waals surface area contributed by atoms with Crippen molar-refractivity contribution in [2.75, 3.05) is 25.1 Å². The van der Waals surface area contributed by atoms with Crippen LogP contribution < -0.4 is 9.64 Å². The van der Waals surface area contributed by atoms with Crippen LogP contribution in [0.3, 0.4) is 0 Å². The van der Waals surface area contributed by atoms with E-state index in [-0.39, 0.29) is 12.2 Å². The number of methoxy groups -OCH3 is 1. The van der Waals surface area contributed by atoms with Crippen LogP contribution in [-0.4, -0.2) is 57.6 Å². The second-order valence-electron chi connectivity index (χ2n) is 7.82. The lowest BCUT2D eigenvalue weighted by Crippen LogP contribution is -2.45. The number of H-pyrrole nitrogens is 1. The van der Waals surface area contributed by atoms with Gasteiger partial charge in [0.25, 0.3) is 0 Å². The summed E-state index contributed by atoms with van der Waals surface area (Å²) >= 11 is 0. The number of aromatic amines is 1. The Kier molecular flexibility index (Phi) is 4.99. The molecule has 0 radical (unpaired) electrons. The van der Waals surface area contributed by atoms with Gasteiger partial charge in [-0.2, -0.15) is 5.10 Å². The number of morpholine rings is 1. The van der Waals surface area contributed by atoms with Crippen LogP contribution in [-0.2, 0) is 4.74 Å². The number of fused-ring (bicyclic) bond motifs is 1. The molecule has 1 aliphatic rings. The van der Waals surface area contributed by atoms with E-state index in [1.54, 1.807) is 19.6 Å². The Hall–Kier alpha value is -3.52. The molecule has 2 atom stereocenters. The summed E-state index contributed by atoms with van der Waals surface area (Å²) in [6.45, 7) is 5.76. The van der Waals surface area contributed by atoms with E-state index >= 15 is 0 Å². The number of aromatic nitrogens is 5. The average Bonchev–Trinajstić information content (AvgIpc) is 3.22. The van der Waals surface area contributed by atoms with Crippen LogP contribution in [0.15, 0.2) is 48.9 Å². The van der Waals surface area contributed by atoms with Crippen LogP contribution in [0.2, 0.25) is 0 Å². The molecule has 1 saturated heterocycles. The van der Waals surface area contributed by atoms with Crippen LogP contribution in [0, 0.1) is 0 Å². The van der Waals surface area contributed by atoms with E-state index in [0.29, 0.717) is 5.88 Å². The minimum absolute atomic E-state index is 0.158. The third kappa shape index (κ3) is 3.70. The number of benzene rings is 1. The lowest BCUT2D eigenvalue weighted by atomic mass is 10.0. The van der Waals surface area contributed by atoms with Crippen LogP contribution in [0.5, 0.6) is 5.88 Å². The Bertz CT molecular complexity index is 1210. The number of ether oxygens (including phenoxy) is 2. The fraction of sp³-hybridized carbons (Fsp3) is 0.304. The zero-order chi connectivity index (χ0) is 21.4. The first-order valence-corrected chi connectivity index (χ1v) is 10.3. The summed E-state index contributed by atoms with van der Waals surface area (Å²) in [5.74, 6) is 1.47. The molecular formula is C23H24N6O2. The van der Waals surface area contributed by atoms with Gasteiger partial charge in [0.2, 0.25) is 5.88 Å². The quantitative estimate of drug-likeness (QED) is 0.542. The molecule has 0 aliphatic carbocycles. The molecule has 3 aromatic heterocycles. The van der Waals surface area contributed by atoms with E-state index in [1.165, 1.54) is 0 Å². The van der Waals surface area contributed by atoms with E-state index in [9.17, 15) is 0 Å². The minimum atomic E-state index is 0.158. The molecule has 8 nitrogen and oxygen atoms in total. The van der Waals surface area contributed by atoms with E-state index in [1.807, 2.05) is 30.3 Å². The van der Waals surface area contributed by atoms with E-state index in [4.69, 9.17) is 9.47 Å². The van der Waals surface area contributed by atoms with Crippen LogP contribution >= 0.6 is 0 Å². The van der Waals surface area contributed by atoms with Gasteiger partial charge >= 0.3 is 0 Å². The lowest BCUT2D eigenvalue weighted by molar-refractivity contribution is -0.00546. The summed E-state index contributed by atoms with van der Waals surface area (Å²) in [7, 11) is 1.63. The Labute approximate surface area is 180 Å². The molecule has 4 heterocycles. The molecule has 8 heteroatoms. The summed E-state index contributed by atoms with van der Waals surface area (Å²) in [5.41, 5.74) is 4.44. The molecule has 1 aromatic carbocycles. The average molecular weight is 416 g/mol. The molecular weight excluding hydrogens is 392 g/mol. The summed E-state index contributed by atoms with van der Waals surface area (Å²) in [6, 6.07) is 12.0. The highest BCUT2D eigenvalue weighted by atomic mass is 16.5. The van der Waals surface area contributed by atoms with Crippen LogP contribution in [0.4, 0.5) is 5.82 Å². The van der Waals surface area contributed by atoms with Gasteiger partial charge in [-0.1, -0.05) is 6.07 Å². The Morgan fingerprint density at radius 2 is 1.90 bits per heavy atom. The van der Waals surface area contributed by atoms with Gasteiger partial charge in [-0.3, -0.25) is 5.10 Å². The number of anilines is 1. The van der Waals surface area contributed by atoms with Crippen molar-refractivity contribution in [3.63, 3.8) is 0 Å². The number of pyridine rings is 1. The molecule has 0 spiro atoms. The summed E-state index contributed by atoms with van der Waals surface area (Å²) in [6.07, 6.45) is 3.64. The van der Waals surface area contributed by atoms with Crippen molar-refractivity contribution in [1.82, 2.24) is 25.1 Å². The summed E-state index contributed by atoms with van der Waals surface area (Å²) in [5, 5.41) is 8.65. The normalized spacial score (nSPS) is 19.0. The van der Waals surface area contributed by atoms with Gasteiger partial charge in [-0.15, -0.1) is 0 Å². The smallest absolute Gasteiger partial charge is 0.221 e. The first-order chi connectivity index (χ1) is 15.1. The number of hydrogen-bond donors (Lipinski definition) is 1. The van der Waals surface area contributed by atoms with E-state index in [2.05, 4.69) is 50.0 Å². The molecule has 0 bridgehead atoms. The second kappa shape index (κ2) is 7.96. The largest absolute Gasteiger partial charge is 0.481 e. The van der Waals surface area contributed by atoms with Gasteiger partial charge in [0.1, 0.15) is 17.8 Å². The van der Waals surface area contributed by atoms with E-state index < -0.39 is 0 Å². The summed E-state index contributed by atoms with van der Waals surface area (Å²) in [4.78, 5) is 15.6. The van der Waals surface area contributed by atoms with Gasteiger partial charge in [-0.05, 0) is 43.7 Å². The van der Waals surface area contributed by atoms with Gasteiger partial charge in [0.15, 0.2) is 0 Å². The molecule has 4 aromatic rings. The first-order valence-electron chi connectivity index (χ1n) is 10.3. The zero-order valence-corrected chi connectivity index (χ0v) is 17.7. The minimum Gasteiger partial charge on any atom is -0.481 e. The predicted molar refractivity (Wildman–Crippen MR) is 119 cm³/mol. The molecule has 0 amide bonds.